The van der Waals surface area contributed by atoms with Crippen molar-refractivity contribution in [2.75, 3.05) is 44.4 Å². The first kappa shape index (κ1) is 24.8. The van der Waals surface area contributed by atoms with Crippen molar-refractivity contribution in [1.82, 2.24) is 25.2 Å². The van der Waals surface area contributed by atoms with Gasteiger partial charge in [-0.05, 0) is 50.0 Å². The van der Waals surface area contributed by atoms with E-state index in [9.17, 15) is 14.3 Å². The Bertz CT molecular complexity index is 1290. The fraction of sp³-hybridized carbons (Fsp3) is 0.440. The molecule has 11 heteroatoms. The number of rotatable bonds is 8. The Kier molecular flexibility index (Phi) is 7.33. The van der Waals surface area contributed by atoms with Gasteiger partial charge in [0, 0.05) is 31.3 Å². The fourth-order valence-corrected chi connectivity index (χ4v) is 5.62. The third-order valence-corrected chi connectivity index (χ3v) is 7.67. The molecule has 5 heterocycles. The largest absolute Gasteiger partial charge is 0.481 e. The lowest BCUT2D eigenvalue weighted by atomic mass is 10.1. The number of nitrogens with zero attached hydrogens (tertiary/aromatic N) is 4. The lowest BCUT2D eigenvalue weighted by molar-refractivity contribution is -0.113. The highest BCUT2D eigenvalue weighted by atomic mass is 32.2. The molecule has 2 aliphatic rings. The Balaban J connectivity index is 1.17. The van der Waals surface area contributed by atoms with Crippen LogP contribution in [0.1, 0.15) is 29.3 Å². The quantitative estimate of drug-likeness (QED) is 0.419. The zero-order valence-electron chi connectivity index (χ0n) is 20.3. The number of ether oxygens (including phenoxy) is 1. The van der Waals surface area contributed by atoms with E-state index in [1.54, 1.807) is 12.1 Å². The summed E-state index contributed by atoms with van der Waals surface area (Å²) >= 11 is 1.51. The predicted octanol–water partition coefficient (Wildman–Crippen LogP) is 2.67. The van der Waals surface area contributed by atoms with Crippen molar-refractivity contribution in [2.24, 2.45) is 5.92 Å². The van der Waals surface area contributed by atoms with Gasteiger partial charge in [0.15, 0.2) is 0 Å². The number of hydrogen-bond donors (Lipinski definition) is 3. The number of carbonyl (C=O) groups excluding carboxylic acids is 1. The average molecular weight is 513 g/mol. The molecule has 3 N–H and O–H groups in total. The highest BCUT2D eigenvalue weighted by Crippen LogP contribution is 2.32. The van der Waals surface area contributed by atoms with E-state index in [1.165, 1.54) is 18.9 Å². The smallest absolute Gasteiger partial charge is 0.235 e. The molecule has 1 saturated heterocycles. The lowest BCUT2D eigenvalue weighted by Gasteiger charge is -2.21. The molecule has 0 aromatic carbocycles. The van der Waals surface area contributed by atoms with Crippen LogP contribution < -0.4 is 15.4 Å². The van der Waals surface area contributed by atoms with E-state index < -0.39 is 11.9 Å². The van der Waals surface area contributed by atoms with Crippen LogP contribution >= 0.6 is 11.8 Å². The SMILES string of the molecule is COc1ccc2ncc(F)c([C@@H](O)CN3CC[C@@H](CNCc4nc5c(cc4C)SCC(=O)N5)C3)c2n1. The standard InChI is InChI=1S/C25H29FN6O3S/c1-14-7-20-25(30-21(34)13-36-20)29-18(14)10-27-8-15-5-6-32(11-15)12-19(33)23-16(26)9-28-17-3-4-22(35-2)31-24(17)23/h3-4,7,9,15,19,27,33H,5-6,8,10-13H2,1-2H3,(H,29,30,34)/t15-,19-/m0/s1. The van der Waals surface area contributed by atoms with Gasteiger partial charge in [0.2, 0.25) is 11.8 Å². The number of likely N-dealkylation sites (tertiary alicyclic amines) is 1. The number of aryl methyl sites for hydroxylation is 1. The number of carbonyl (C=O) groups is 1. The third kappa shape index (κ3) is 5.29. The number of aliphatic hydroxyl groups excluding tert-OH is 1. The molecule has 3 aromatic rings. The van der Waals surface area contributed by atoms with Gasteiger partial charge in [0.1, 0.15) is 17.2 Å². The summed E-state index contributed by atoms with van der Waals surface area (Å²) in [6.45, 7) is 5.39. The molecule has 190 valence electrons. The maximum Gasteiger partial charge on any atom is 0.235 e. The summed E-state index contributed by atoms with van der Waals surface area (Å²) in [5.41, 5.74) is 3.00. The molecule has 0 unspecified atom stereocenters. The van der Waals surface area contributed by atoms with E-state index >= 15 is 0 Å². The van der Waals surface area contributed by atoms with Crippen LogP contribution in [-0.4, -0.2) is 69.9 Å². The van der Waals surface area contributed by atoms with Crippen molar-refractivity contribution in [2.45, 2.75) is 30.9 Å². The zero-order chi connectivity index (χ0) is 25.2. The molecule has 1 fully saturated rings. The highest BCUT2D eigenvalue weighted by molar-refractivity contribution is 8.00. The van der Waals surface area contributed by atoms with Crippen molar-refractivity contribution in [3.63, 3.8) is 0 Å². The van der Waals surface area contributed by atoms with E-state index in [4.69, 9.17) is 4.74 Å². The van der Waals surface area contributed by atoms with E-state index in [0.717, 1.165) is 48.4 Å². The van der Waals surface area contributed by atoms with E-state index in [0.29, 0.717) is 47.5 Å². The number of anilines is 1. The molecule has 0 saturated carbocycles. The second-order valence-corrected chi connectivity index (χ2v) is 10.3. The van der Waals surface area contributed by atoms with Gasteiger partial charge in [-0.1, -0.05) is 0 Å². The summed E-state index contributed by atoms with van der Waals surface area (Å²) in [7, 11) is 1.50. The normalized spacial score (nSPS) is 18.8. The van der Waals surface area contributed by atoms with Crippen molar-refractivity contribution in [1.29, 1.82) is 0 Å². The second kappa shape index (κ2) is 10.6. The molecule has 1 amide bonds. The van der Waals surface area contributed by atoms with Crippen LogP contribution in [-0.2, 0) is 11.3 Å². The molecule has 2 aliphatic heterocycles. The van der Waals surface area contributed by atoms with Gasteiger partial charge in [-0.3, -0.25) is 9.78 Å². The van der Waals surface area contributed by atoms with E-state index in [1.807, 2.05) is 6.92 Å². The molecule has 36 heavy (non-hydrogen) atoms. The van der Waals surface area contributed by atoms with Crippen molar-refractivity contribution in [3.05, 3.63) is 47.0 Å². The van der Waals surface area contributed by atoms with Crippen LogP contribution in [0, 0.1) is 18.7 Å². The fourth-order valence-electron chi connectivity index (χ4n) is 4.77. The lowest BCUT2D eigenvalue weighted by Crippen LogP contribution is -2.30. The van der Waals surface area contributed by atoms with Gasteiger partial charge < -0.3 is 25.4 Å². The van der Waals surface area contributed by atoms with Crippen molar-refractivity contribution >= 4 is 34.5 Å². The first-order valence-electron chi connectivity index (χ1n) is 11.9. The van der Waals surface area contributed by atoms with Crippen LogP contribution in [0.25, 0.3) is 11.0 Å². The number of aliphatic hydroxyl groups is 1. The van der Waals surface area contributed by atoms with Gasteiger partial charge in [0.25, 0.3) is 0 Å². The van der Waals surface area contributed by atoms with Crippen molar-refractivity contribution < 1.29 is 19.0 Å². The van der Waals surface area contributed by atoms with E-state index in [-0.39, 0.29) is 11.5 Å². The molecule has 0 bridgehead atoms. The molecule has 0 radical (unpaired) electrons. The monoisotopic (exact) mass is 512 g/mol. The number of aromatic nitrogens is 3. The molecule has 0 spiro atoms. The molecular weight excluding hydrogens is 483 g/mol. The molecule has 9 nitrogen and oxygen atoms in total. The summed E-state index contributed by atoms with van der Waals surface area (Å²) < 4.78 is 19.9. The number of fused-ring (bicyclic) bond motifs is 2. The summed E-state index contributed by atoms with van der Waals surface area (Å²) in [6.07, 6.45) is 1.08. The number of amides is 1. The topological polar surface area (TPSA) is 113 Å². The van der Waals surface area contributed by atoms with Gasteiger partial charge in [-0.25, -0.2) is 14.4 Å². The Labute approximate surface area is 212 Å². The maximum absolute atomic E-state index is 14.7. The Morgan fingerprint density at radius 3 is 3.08 bits per heavy atom. The minimum absolute atomic E-state index is 0.0226. The third-order valence-electron chi connectivity index (χ3n) is 6.65. The van der Waals surface area contributed by atoms with Crippen LogP contribution in [0.15, 0.2) is 29.3 Å². The highest BCUT2D eigenvalue weighted by Gasteiger charge is 2.27. The van der Waals surface area contributed by atoms with Gasteiger partial charge in [-0.15, -0.1) is 11.8 Å². The minimum atomic E-state index is -1.03. The number of nitrogens with one attached hydrogen (secondary N) is 2. The maximum atomic E-state index is 14.7. The van der Waals surface area contributed by atoms with Crippen LogP contribution in [0.2, 0.25) is 0 Å². The summed E-state index contributed by atoms with van der Waals surface area (Å²) in [5.74, 6) is 1.22. The summed E-state index contributed by atoms with van der Waals surface area (Å²) in [6, 6.07) is 5.45. The summed E-state index contributed by atoms with van der Waals surface area (Å²) in [5, 5.41) is 17.3. The number of pyridine rings is 3. The predicted molar refractivity (Wildman–Crippen MR) is 136 cm³/mol. The summed E-state index contributed by atoms with van der Waals surface area (Å²) in [4.78, 5) is 27.9. The first-order valence-corrected chi connectivity index (χ1v) is 12.9. The molecular formula is C25H29FN6O3S. The Morgan fingerprint density at radius 2 is 2.25 bits per heavy atom. The van der Waals surface area contributed by atoms with Gasteiger partial charge in [0.05, 0.1) is 41.3 Å². The number of β-amino-alcohol motifs (C(OH)–C–C–N with tert-alkyl or cyclic N) is 1. The Morgan fingerprint density at radius 1 is 1.39 bits per heavy atom. The molecule has 0 aliphatic carbocycles. The minimum Gasteiger partial charge on any atom is -0.481 e. The molecule has 5 rings (SSSR count). The number of thioether (sulfide) groups is 1. The van der Waals surface area contributed by atoms with Gasteiger partial charge >= 0.3 is 0 Å². The Hall–Kier alpha value is -2.86. The number of methoxy groups -OCH3 is 1. The van der Waals surface area contributed by atoms with Crippen molar-refractivity contribution in [3.8, 4) is 5.88 Å². The first-order chi connectivity index (χ1) is 17.4. The zero-order valence-corrected chi connectivity index (χ0v) is 21.1. The van der Waals surface area contributed by atoms with Crippen LogP contribution in [0.5, 0.6) is 5.88 Å². The van der Waals surface area contributed by atoms with E-state index in [2.05, 4.69) is 36.6 Å². The number of hydrogen-bond acceptors (Lipinski definition) is 9. The molecule has 2 atom stereocenters. The average Bonchev–Trinajstić information content (AvgIpc) is 3.30. The second-order valence-electron chi connectivity index (χ2n) is 9.24. The van der Waals surface area contributed by atoms with Crippen LogP contribution in [0.4, 0.5) is 10.2 Å². The molecule has 3 aromatic heterocycles. The van der Waals surface area contributed by atoms with Gasteiger partial charge in [-0.2, -0.15) is 0 Å². The van der Waals surface area contributed by atoms with Crippen LogP contribution in [0.3, 0.4) is 0 Å². The number of halogens is 1.